The number of primary amides is 1. The summed E-state index contributed by atoms with van der Waals surface area (Å²) in [5, 5.41) is 39.8. The average Bonchev–Trinajstić information content (AvgIpc) is 3.17. The smallest absolute Gasteiger partial charge is 0.407 e. The number of nitrogens with one attached hydrogen (secondary N) is 4. The van der Waals surface area contributed by atoms with Gasteiger partial charge >= 0.3 is 12.1 Å². The van der Waals surface area contributed by atoms with Gasteiger partial charge in [-0.3, -0.25) is 24.0 Å². The topological polar surface area (TPSA) is 291 Å². The molecule has 1 rings (SSSR count). The van der Waals surface area contributed by atoms with Gasteiger partial charge in [-0.25, -0.2) is 9.59 Å². The van der Waals surface area contributed by atoms with Gasteiger partial charge in [0.1, 0.15) is 48.1 Å². The number of carbonyl (C=O) groups excluding carboxylic acids is 7. The van der Waals surface area contributed by atoms with Gasteiger partial charge < -0.3 is 61.3 Å². The van der Waals surface area contributed by atoms with Gasteiger partial charge in [-0.15, -0.1) is 0 Å². The second kappa shape index (κ2) is 28.9. The van der Waals surface area contributed by atoms with E-state index in [-0.39, 0.29) is 25.4 Å². The van der Waals surface area contributed by atoms with Crippen molar-refractivity contribution in [1.29, 1.82) is 0 Å². The quantitative estimate of drug-likeness (QED) is 0.0304. The monoisotopic (exact) mass is 891 g/mol. The van der Waals surface area contributed by atoms with E-state index in [1.807, 2.05) is 20.8 Å². The van der Waals surface area contributed by atoms with Crippen LogP contribution in [0.25, 0.3) is 0 Å². The Hall–Kier alpha value is -3.56. The number of nitrogens with two attached hydrogens (primary N) is 1. The molecule has 0 aromatic rings. The highest BCUT2D eigenvalue weighted by Gasteiger charge is 2.57. The fourth-order valence-electron chi connectivity index (χ4n) is 6.49. The van der Waals surface area contributed by atoms with Crippen LogP contribution in [0, 0.1) is 0 Å². The van der Waals surface area contributed by atoms with Gasteiger partial charge in [0.15, 0.2) is 5.12 Å². The minimum Gasteiger partial charge on any atom is -0.467 e. The molecule has 0 aliphatic carbocycles. The molecule has 0 saturated carbocycles. The van der Waals surface area contributed by atoms with Crippen molar-refractivity contribution in [2.75, 3.05) is 20.3 Å². The van der Waals surface area contributed by atoms with Crippen molar-refractivity contribution >= 4 is 52.6 Å². The van der Waals surface area contributed by atoms with Gasteiger partial charge in [0.25, 0.3) is 0 Å². The van der Waals surface area contributed by atoms with E-state index >= 15 is 0 Å². The Morgan fingerprint density at radius 1 is 0.836 bits per heavy atom. The van der Waals surface area contributed by atoms with E-state index in [1.165, 1.54) is 33.1 Å². The summed E-state index contributed by atoms with van der Waals surface area (Å²) in [6.45, 7) is 9.05. The SMILES string of the molecule is COC(=O)[C@@H](CCC(N)=O)NC(=O)[C@H](C)NC(=O)[C@@H](C)O[C@H]1[C@H](O)[C@@H](CO)OC(O)(SC(=O)CCCCCCCCCCCCCCCNC(=O)OC(C)(C)C)[C@@H]1NC(C)=O. The third-order valence-corrected chi connectivity index (χ3v) is 10.8. The minimum atomic E-state index is -2.50. The van der Waals surface area contributed by atoms with E-state index in [4.69, 9.17) is 19.9 Å². The van der Waals surface area contributed by atoms with Gasteiger partial charge in [-0.1, -0.05) is 70.6 Å². The molecule has 5 amide bonds. The highest BCUT2D eigenvalue weighted by atomic mass is 32.2. The molecule has 8 atom stereocenters. The number of hydrogen-bond acceptors (Lipinski definition) is 15. The summed E-state index contributed by atoms with van der Waals surface area (Å²) in [4.78, 5) is 86.4. The van der Waals surface area contributed by atoms with Crippen molar-refractivity contribution < 1.29 is 67.8 Å². The lowest BCUT2D eigenvalue weighted by Crippen LogP contribution is -2.70. The molecular formula is C41H73N5O14S. The van der Waals surface area contributed by atoms with Crippen LogP contribution < -0.4 is 27.0 Å². The summed E-state index contributed by atoms with van der Waals surface area (Å²) in [5.74, 6) is -3.87. The first-order valence-electron chi connectivity index (χ1n) is 21.4. The number of aliphatic hydroxyl groups is 3. The number of esters is 1. The van der Waals surface area contributed by atoms with E-state index < -0.39 is 94.6 Å². The first-order valence-corrected chi connectivity index (χ1v) is 22.2. The third-order valence-electron chi connectivity index (χ3n) is 9.75. The Kier molecular flexibility index (Phi) is 26.3. The molecule has 0 aromatic carbocycles. The number of rotatable bonds is 29. The molecule has 61 heavy (non-hydrogen) atoms. The zero-order valence-electron chi connectivity index (χ0n) is 37.1. The summed E-state index contributed by atoms with van der Waals surface area (Å²) in [6.07, 6.45) is 6.50. The summed E-state index contributed by atoms with van der Waals surface area (Å²) >= 11 is 0.388. The zero-order valence-corrected chi connectivity index (χ0v) is 37.9. The zero-order chi connectivity index (χ0) is 46.2. The molecule has 1 aliphatic heterocycles. The van der Waals surface area contributed by atoms with Crippen LogP contribution in [0.5, 0.6) is 0 Å². The number of aliphatic hydroxyl groups excluding tert-OH is 2. The van der Waals surface area contributed by atoms with Crippen molar-refractivity contribution in [2.24, 2.45) is 5.73 Å². The lowest BCUT2D eigenvalue weighted by atomic mass is 9.96. The van der Waals surface area contributed by atoms with E-state index in [0.717, 1.165) is 71.8 Å². The van der Waals surface area contributed by atoms with Gasteiger partial charge in [-0.2, -0.15) is 0 Å². The second-order valence-electron chi connectivity index (χ2n) is 16.4. The van der Waals surface area contributed by atoms with Crippen LogP contribution >= 0.6 is 11.8 Å². The van der Waals surface area contributed by atoms with Crippen LogP contribution in [0.15, 0.2) is 0 Å². The van der Waals surface area contributed by atoms with Crippen molar-refractivity contribution in [3.63, 3.8) is 0 Å². The first kappa shape index (κ1) is 55.5. The lowest BCUT2D eigenvalue weighted by molar-refractivity contribution is -0.283. The fourth-order valence-corrected chi connectivity index (χ4v) is 7.55. The Morgan fingerprint density at radius 3 is 1.87 bits per heavy atom. The maximum absolute atomic E-state index is 13.2. The number of alkyl carbamates (subject to hydrolysis) is 1. The maximum Gasteiger partial charge on any atom is 0.407 e. The van der Waals surface area contributed by atoms with Crippen molar-refractivity contribution in [3.05, 3.63) is 0 Å². The molecule has 1 aliphatic rings. The van der Waals surface area contributed by atoms with Crippen molar-refractivity contribution in [1.82, 2.24) is 21.3 Å². The molecule has 1 fully saturated rings. The molecule has 1 saturated heterocycles. The largest absolute Gasteiger partial charge is 0.467 e. The number of hydrogen-bond donors (Lipinski definition) is 8. The van der Waals surface area contributed by atoms with Crippen molar-refractivity contribution in [3.8, 4) is 0 Å². The second-order valence-corrected chi connectivity index (χ2v) is 17.7. The Labute approximate surface area is 364 Å². The van der Waals surface area contributed by atoms with Crippen LogP contribution in [-0.2, 0) is 47.7 Å². The molecule has 0 spiro atoms. The summed E-state index contributed by atoms with van der Waals surface area (Å²) in [5.41, 5.74) is 4.65. The molecule has 0 radical (unpaired) electrons. The number of ether oxygens (including phenoxy) is 4. The number of amides is 5. The highest BCUT2D eigenvalue weighted by molar-refractivity contribution is 8.14. The van der Waals surface area contributed by atoms with Gasteiger partial charge in [0.05, 0.1) is 13.7 Å². The standard InChI is InChI=1S/C41H73N5O14S/c1-26(36(52)46-29(38(54)57-7)22-23-31(42)49)44-37(53)27(2)58-34-33(51)30(25-47)59-41(56,35(34)45-28(3)48)61-32(50)21-19-17-15-13-11-9-8-10-12-14-16-18-20-24-43-39(55)60-40(4,5)6/h26-27,29-30,33-35,47,51,56H,8-25H2,1-7H3,(H2,42,49)(H,43,55)(H,44,53)(H,45,48)(H,46,52)/t26-,27+,29+,30+,33+,34-,35+,41?/m0/s1. The van der Waals surface area contributed by atoms with Gasteiger partial charge in [0, 0.05) is 26.3 Å². The third kappa shape index (κ3) is 22.9. The van der Waals surface area contributed by atoms with Crippen LogP contribution in [0.3, 0.4) is 0 Å². The van der Waals surface area contributed by atoms with E-state index in [9.17, 15) is 48.9 Å². The van der Waals surface area contributed by atoms with E-state index in [2.05, 4.69) is 26.0 Å². The summed E-state index contributed by atoms with van der Waals surface area (Å²) < 4.78 is 21.3. The molecule has 1 heterocycles. The number of unbranched alkanes of at least 4 members (excludes halogenated alkanes) is 12. The maximum atomic E-state index is 13.2. The number of carbonyl (C=O) groups is 7. The predicted molar refractivity (Wildman–Crippen MR) is 226 cm³/mol. The Morgan fingerprint density at radius 2 is 1.38 bits per heavy atom. The van der Waals surface area contributed by atoms with Gasteiger partial charge in [0.2, 0.25) is 28.7 Å². The first-order chi connectivity index (χ1) is 28.6. The van der Waals surface area contributed by atoms with Crippen LogP contribution in [0.2, 0.25) is 0 Å². The van der Waals surface area contributed by atoms with Crippen LogP contribution in [-0.4, -0.2) is 130 Å². The average molecular weight is 892 g/mol. The van der Waals surface area contributed by atoms with Crippen molar-refractivity contribution in [2.45, 2.75) is 198 Å². The molecule has 0 aromatic heterocycles. The normalized spacial score (nSPS) is 21.6. The molecule has 1 unspecified atom stereocenters. The van der Waals surface area contributed by atoms with Crippen LogP contribution in [0.1, 0.15) is 144 Å². The fraction of sp³-hybridized carbons (Fsp3) is 0.829. The summed E-state index contributed by atoms with van der Waals surface area (Å²) in [7, 11) is 1.10. The molecular weight excluding hydrogens is 819 g/mol. The molecule has 0 bridgehead atoms. The molecule has 19 nitrogen and oxygen atoms in total. The minimum absolute atomic E-state index is 0.0796. The highest BCUT2D eigenvalue weighted by Crippen LogP contribution is 2.39. The molecule has 9 N–H and O–H groups in total. The van der Waals surface area contributed by atoms with E-state index in [1.54, 1.807) is 0 Å². The lowest BCUT2D eigenvalue weighted by Gasteiger charge is -2.48. The van der Waals surface area contributed by atoms with Crippen LogP contribution in [0.4, 0.5) is 4.79 Å². The molecule has 20 heteroatoms. The Bertz CT molecular complexity index is 1400. The number of methoxy groups -OCH3 is 1. The number of thioether (sulfide) groups is 1. The predicted octanol–water partition coefficient (Wildman–Crippen LogP) is 2.34. The summed E-state index contributed by atoms with van der Waals surface area (Å²) in [6, 6.07) is -4.04. The molecule has 352 valence electrons. The van der Waals surface area contributed by atoms with Gasteiger partial charge in [-0.05, 0) is 65.6 Å². The van der Waals surface area contributed by atoms with E-state index in [0.29, 0.717) is 24.7 Å². The Balaban J connectivity index is 2.59.